The van der Waals surface area contributed by atoms with Gasteiger partial charge in [0.25, 0.3) is 0 Å². The number of rotatable bonds is 14. The van der Waals surface area contributed by atoms with Gasteiger partial charge in [-0.05, 0) is 12.8 Å². The van der Waals surface area contributed by atoms with Crippen molar-refractivity contribution in [2.75, 3.05) is 61.0 Å². The van der Waals surface area contributed by atoms with Gasteiger partial charge in [0, 0.05) is 39.4 Å². The molecule has 1 N–H and O–H groups in total. The van der Waals surface area contributed by atoms with Crippen LogP contribution in [0.5, 0.6) is 0 Å². The molecule has 0 saturated carbocycles. The number of hydrogen-bond donors (Lipinski definition) is 1. The monoisotopic (exact) mass is 352 g/mol. The Balaban J connectivity index is 2.04. The summed E-state index contributed by atoms with van der Waals surface area (Å²) in [4.78, 5) is 0. The van der Waals surface area contributed by atoms with E-state index in [-0.39, 0.29) is 18.6 Å². The number of ether oxygens (including phenoxy) is 3. The standard InChI is InChI=1S/C15H32O7Si/c1-5-15(12-22-13-15)11-21-10-14(16)9-20-7-6-8-23(17-2,18-3)19-4/h14,16H,5-13H2,1-4H3. The number of aliphatic hydroxyl groups excluding tert-OH is 1. The van der Waals surface area contributed by atoms with Crippen molar-refractivity contribution in [2.24, 2.45) is 5.41 Å². The Bertz CT molecular complexity index is 294. The van der Waals surface area contributed by atoms with E-state index in [0.717, 1.165) is 26.1 Å². The van der Waals surface area contributed by atoms with Crippen molar-refractivity contribution in [1.82, 2.24) is 0 Å². The fourth-order valence-corrected chi connectivity index (χ4v) is 4.10. The van der Waals surface area contributed by atoms with E-state index in [2.05, 4.69) is 6.92 Å². The minimum atomic E-state index is -2.52. The molecule has 1 aliphatic heterocycles. The average molecular weight is 353 g/mol. The quantitative estimate of drug-likeness (QED) is 0.370. The zero-order chi connectivity index (χ0) is 17.2. The molecule has 0 spiro atoms. The van der Waals surface area contributed by atoms with Gasteiger partial charge in [-0.1, -0.05) is 6.92 Å². The Hall–Kier alpha value is -0.0631. The van der Waals surface area contributed by atoms with Crippen molar-refractivity contribution < 1.29 is 32.6 Å². The van der Waals surface area contributed by atoms with Gasteiger partial charge in [-0.15, -0.1) is 0 Å². The van der Waals surface area contributed by atoms with Crippen molar-refractivity contribution >= 4 is 8.80 Å². The van der Waals surface area contributed by atoms with Gasteiger partial charge in [0.1, 0.15) is 6.10 Å². The second-order valence-corrected chi connectivity index (χ2v) is 9.08. The van der Waals surface area contributed by atoms with Crippen LogP contribution in [0, 0.1) is 5.41 Å². The van der Waals surface area contributed by atoms with Crippen LogP contribution in [0.2, 0.25) is 6.04 Å². The maximum atomic E-state index is 9.86. The summed E-state index contributed by atoms with van der Waals surface area (Å²) in [6, 6.07) is 0.683. The lowest BCUT2D eigenvalue weighted by molar-refractivity contribution is -0.157. The summed E-state index contributed by atoms with van der Waals surface area (Å²) < 4.78 is 32.3. The molecule has 7 nitrogen and oxygen atoms in total. The van der Waals surface area contributed by atoms with Gasteiger partial charge in [0.15, 0.2) is 0 Å². The molecule has 1 unspecified atom stereocenters. The molecule has 1 atom stereocenters. The van der Waals surface area contributed by atoms with Crippen LogP contribution in [0.25, 0.3) is 0 Å². The first kappa shape index (κ1) is 21.0. The van der Waals surface area contributed by atoms with Crippen molar-refractivity contribution in [1.29, 1.82) is 0 Å². The molecule has 8 heteroatoms. The van der Waals surface area contributed by atoms with Gasteiger partial charge < -0.3 is 32.6 Å². The summed E-state index contributed by atoms with van der Waals surface area (Å²) >= 11 is 0. The smallest absolute Gasteiger partial charge is 0.388 e. The largest absolute Gasteiger partial charge is 0.500 e. The molecule has 23 heavy (non-hydrogen) atoms. The molecule has 0 bridgehead atoms. The molecular formula is C15H32O7Si. The lowest BCUT2D eigenvalue weighted by Gasteiger charge is -2.40. The maximum Gasteiger partial charge on any atom is 0.500 e. The average Bonchev–Trinajstić information content (AvgIpc) is 2.54. The Morgan fingerprint density at radius 2 is 1.70 bits per heavy atom. The summed E-state index contributed by atoms with van der Waals surface area (Å²) in [6.07, 6.45) is 1.18. The van der Waals surface area contributed by atoms with Crippen LogP contribution in [0.15, 0.2) is 0 Å². The topological polar surface area (TPSA) is 75.6 Å². The summed E-state index contributed by atoms with van der Waals surface area (Å²) in [5.41, 5.74) is 0.148. The van der Waals surface area contributed by atoms with E-state index < -0.39 is 14.9 Å². The first-order valence-corrected chi connectivity index (χ1v) is 10.1. The normalized spacial score (nSPS) is 18.7. The highest BCUT2D eigenvalue weighted by Crippen LogP contribution is 2.31. The maximum absolute atomic E-state index is 9.86. The molecule has 1 aliphatic rings. The fourth-order valence-electron chi connectivity index (χ4n) is 2.41. The third-order valence-electron chi connectivity index (χ3n) is 4.30. The zero-order valence-electron chi connectivity index (χ0n) is 14.8. The first-order valence-electron chi connectivity index (χ1n) is 8.12. The van der Waals surface area contributed by atoms with Crippen LogP contribution < -0.4 is 0 Å². The van der Waals surface area contributed by atoms with E-state index in [4.69, 9.17) is 27.5 Å². The van der Waals surface area contributed by atoms with Gasteiger partial charge in [0.05, 0.1) is 33.0 Å². The lowest BCUT2D eigenvalue weighted by atomic mass is 9.84. The van der Waals surface area contributed by atoms with Gasteiger partial charge in [-0.25, -0.2) is 0 Å². The van der Waals surface area contributed by atoms with Crippen LogP contribution in [0.3, 0.4) is 0 Å². The van der Waals surface area contributed by atoms with E-state index in [1.54, 1.807) is 21.3 Å². The molecule has 1 rings (SSSR count). The molecule has 0 aromatic heterocycles. The van der Waals surface area contributed by atoms with Crippen molar-refractivity contribution in [3.63, 3.8) is 0 Å². The highest BCUT2D eigenvalue weighted by molar-refractivity contribution is 6.60. The second kappa shape index (κ2) is 10.7. The SMILES string of the molecule is CCC1(COCC(O)COCCC[Si](OC)(OC)OC)COC1. The van der Waals surface area contributed by atoms with E-state index in [9.17, 15) is 5.11 Å². The van der Waals surface area contributed by atoms with Crippen LogP contribution in [-0.2, 0) is 27.5 Å². The third kappa shape index (κ3) is 6.75. The van der Waals surface area contributed by atoms with Crippen LogP contribution in [-0.4, -0.2) is 81.0 Å². The summed E-state index contributed by atoms with van der Waals surface area (Å²) in [7, 11) is 2.27. The molecule has 0 radical (unpaired) electrons. The molecular weight excluding hydrogens is 320 g/mol. The van der Waals surface area contributed by atoms with Crippen molar-refractivity contribution in [3.05, 3.63) is 0 Å². The van der Waals surface area contributed by atoms with Crippen molar-refractivity contribution in [3.8, 4) is 0 Å². The minimum Gasteiger partial charge on any atom is -0.388 e. The third-order valence-corrected chi connectivity index (χ3v) is 7.13. The Morgan fingerprint density at radius 3 is 2.17 bits per heavy atom. The van der Waals surface area contributed by atoms with E-state index in [0.29, 0.717) is 19.3 Å². The number of aliphatic hydroxyl groups is 1. The molecule has 138 valence electrons. The Kier molecular flexibility index (Phi) is 9.79. The summed E-state index contributed by atoms with van der Waals surface area (Å²) in [5, 5.41) is 9.86. The second-order valence-electron chi connectivity index (χ2n) is 5.99. The van der Waals surface area contributed by atoms with Crippen LogP contribution in [0.1, 0.15) is 19.8 Å². The lowest BCUT2D eigenvalue weighted by Crippen LogP contribution is -2.46. The molecule has 1 heterocycles. The van der Waals surface area contributed by atoms with Crippen LogP contribution in [0.4, 0.5) is 0 Å². The molecule has 1 fully saturated rings. The van der Waals surface area contributed by atoms with Gasteiger partial charge in [-0.3, -0.25) is 0 Å². The van der Waals surface area contributed by atoms with E-state index >= 15 is 0 Å². The predicted molar refractivity (Wildman–Crippen MR) is 87.4 cm³/mol. The molecule has 0 aliphatic carbocycles. The zero-order valence-corrected chi connectivity index (χ0v) is 15.8. The predicted octanol–water partition coefficient (Wildman–Crippen LogP) is 1.08. The van der Waals surface area contributed by atoms with Crippen LogP contribution >= 0.6 is 0 Å². The Morgan fingerprint density at radius 1 is 1.09 bits per heavy atom. The fraction of sp³-hybridized carbons (Fsp3) is 1.00. The Labute approximate surface area is 140 Å². The molecule has 0 aromatic carbocycles. The number of hydrogen-bond acceptors (Lipinski definition) is 7. The van der Waals surface area contributed by atoms with Gasteiger partial charge >= 0.3 is 8.80 Å². The summed E-state index contributed by atoms with van der Waals surface area (Å²) in [6.45, 7) is 5.33. The molecule has 0 aromatic rings. The van der Waals surface area contributed by atoms with Gasteiger partial charge in [0.2, 0.25) is 0 Å². The first-order chi connectivity index (χ1) is 11.1. The summed E-state index contributed by atoms with van der Waals surface area (Å²) in [5.74, 6) is 0. The van der Waals surface area contributed by atoms with E-state index in [1.807, 2.05) is 0 Å². The highest BCUT2D eigenvalue weighted by Gasteiger charge is 2.37. The van der Waals surface area contributed by atoms with Gasteiger partial charge in [-0.2, -0.15) is 0 Å². The van der Waals surface area contributed by atoms with Crippen molar-refractivity contribution in [2.45, 2.75) is 31.9 Å². The van der Waals surface area contributed by atoms with E-state index in [1.165, 1.54) is 0 Å². The molecule has 1 saturated heterocycles. The molecule has 0 amide bonds. The minimum absolute atomic E-state index is 0.148. The highest BCUT2D eigenvalue weighted by atomic mass is 28.4.